The van der Waals surface area contributed by atoms with Gasteiger partial charge in [-0.15, -0.1) is 0 Å². The monoisotopic (exact) mass is 290 g/mol. The van der Waals surface area contributed by atoms with Crippen molar-refractivity contribution < 1.29 is 9.50 Å². The Morgan fingerprint density at radius 2 is 2.00 bits per heavy atom. The van der Waals surface area contributed by atoms with Gasteiger partial charge in [0.2, 0.25) is 0 Å². The third kappa shape index (κ3) is 2.02. The maximum Gasteiger partial charge on any atom is 0.259 e. The third-order valence-electron chi connectivity index (χ3n) is 2.90. The number of fused-ring (bicyclic) bond motifs is 1. The van der Waals surface area contributed by atoms with Gasteiger partial charge in [0, 0.05) is 6.07 Å². The molecule has 1 heterocycles. The highest BCUT2D eigenvalue weighted by Gasteiger charge is 2.13. The largest absolute Gasteiger partial charge is 0.506 e. The number of H-pyrrole nitrogens is 1. The van der Waals surface area contributed by atoms with Gasteiger partial charge in [0.25, 0.3) is 5.56 Å². The summed E-state index contributed by atoms with van der Waals surface area (Å²) in [5.41, 5.74) is 0.111. The van der Waals surface area contributed by atoms with Crippen LogP contribution in [0.2, 0.25) is 5.02 Å². The molecule has 3 aromatic rings. The Morgan fingerprint density at radius 3 is 2.80 bits per heavy atom. The number of aromatic nitrogens is 2. The van der Waals surface area contributed by atoms with E-state index in [0.717, 1.165) is 6.07 Å². The molecule has 0 amide bonds. The minimum absolute atomic E-state index is 0.0165. The van der Waals surface area contributed by atoms with Gasteiger partial charge in [-0.25, -0.2) is 9.37 Å². The van der Waals surface area contributed by atoms with Crippen LogP contribution in [0.1, 0.15) is 0 Å². The first-order valence-corrected chi connectivity index (χ1v) is 6.11. The summed E-state index contributed by atoms with van der Waals surface area (Å²) in [5.74, 6) is -1.02. The first-order valence-electron chi connectivity index (χ1n) is 5.73. The van der Waals surface area contributed by atoms with Crippen LogP contribution in [0.15, 0.2) is 41.2 Å². The molecule has 0 spiro atoms. The zero-order valence-electron chi connectivity index (χ0n) is 10.0. The summed E-state index contributed by atoms with van der Waals surface area (Å²) in [5, 5.41) is 9.74. The number of aromatic hydroxyl groups is 1. The molecule has 0 atom stereocenters. The van der Waals surface area contributed by atoms with Gasteiger partial charge < -0.3 is 10.1 Å². The Bertz CT molecular complexity index is 877. The van der Waals surface area contributed by atoms with Crippen molar-refractivity contribution in [2.24, 2.45) is 0 Å². The molecule has 0 radical (unpaired) electrons. The van der Waals surface area contributed by atoms with E-state index in [2.05, 4.69) is 9.97 Å². The molecule has 2 aromatic carbocycles. The average Bonchev–Trinajstić information content (AvgIpc) is 2.43. The SMILES string of the molecule is O=c1[nH]c(-c2cc(Cl)c(O)cc2F)nc2ccccc12. The van der Waals surface area contributed by atoms with Gasteiger partial charge in [-0.3, -0.25) is 4.79 Å². The van der Waals surface area contributed by atoms with Crippen LogP contribution in [0.25, 0.3) is 22.3 Å². The number of hydrogen-bond donors (Lipinski definition) is 2. The summed E-state index contributed by atoms with van der Waals surface area (Å²) in [4.78, 5) is 18.6. The van der Waals surface area contributed by atoms with Crippen LogP contribution in [0.3, 0.4) is 0 Å². The molecular weight excluding hydrogens is 283 g/mol. The zero-order chi connectivity index (χ0) is 14.3. The van der Waals surface area contributed by atoms with Crippen LogP contribution in [-0.2, 0) is 0 Å². The van der Waals surface area contributed by atoms with Crippen LogP contribution in [0.5, 0.6) is 5.75 Å². The number of aromatic amines is 1. The molecule has 0 aliphatic rings. The standard InChI is InChI=1S/C14H8ClFN2O2/c15-9-5-8(10(16)6-12(9)19)13-17-11-4-2-1-3-7(11)14(20)18-13/h1-6,19H,(H,17,18,20). The van der Waals surface area contributed by atoms with Crippen LogP contribution >= 0.6 is 11.6 Å². The van der Waals surface area contributed by atoms with E-state index in [1.54, 1.807) is 24.3 Å². The van der Waals surface area contributed by atoms with Crippen molar-refractivity contribution in [1.29, 1.82) is 0 Å². The van der Waals surface area contributed by atoms with Crippen molar-refractivity contribution in [1.82, 2.24) is 9.97 Å². The van der Waals surface area contributed by atoms with Crippen LogP contribution < -0.4 is 5.56 Å². The Morgan fingerprint density at radius 1 is 1.25 bits per heavy atom. The Hall–Kier alpha value is -2.40. The first kappa shape index (κ1) is 12.6. The molecular formula is C14H8ClFN2O2. The van der Waals surface area contributed by atoms with E-state index in [1.807, 2.05) is 0 Å². The second-order valence-electron chi connectivity index (χ2n) is 4.22. The molecule has 3 rings (SSSR count). The molecule has 6 heteroatoms. The van der Waals surface area contributed by atoms with Gasteiger partial charge in [0.05, 0.1) is 21.5 Å². The molecule has 0 fully saturated rings. The average molecular weight is 291 g/mol. The van der Waals surface area contributed by atoms with Crippen molar-refractivity contribution in [2.45, 2.75) is 0 Å². The smallest absolute Gasteiger partial charge is 0.259 e. The van der Waals surface area contributed by atoms with Gasteiger partial charge >= 0.3 is 0 Å². The number of phenols is 1. The molecule has 0 saturated carbocycles. The highest BCUT2D eigenvalue weighted by molar-refractivity contribution is 6.32. The molecule has 0 aliphatic heterocycles. The summed E-state index contributed by atoms with van der Waals surface area (Å²) in [6, 6.07) is 8.85. The van der Waals surface area contributed by atoms with E-state index in [0.29, 0.717) is 10.9 Å². The predicted octanol–water partition coefficient (Wildman–Crippen LogP) is 3.09. The molecule has 2 N–H and O–H groups in total. The van der Waals surface area contributed by atoms with Crippen molar-refractivity contribution in [3.63, 3.8) is 0 Å². The normalized spacial score (nSPS) is 10.9. The van der Waals surface area contributed by atoms with Crippen molar-refractivity contribution >= 4 is 22.5 Å². The van der Waals surface area contributed by atoms with Crippen molar-refractivity contribution in [3.05, 3.63) is 57.6 Å². The van der Waals surface area contributed by atoms with Crippen LogP contribution in [0.4, 0.5) is 4.39 Å². The highest BCUT2D eigenvalue weighted by Crippen LogP contribution is 2.30. The first-order chi connectivity index (χ1) is 9.56. The maximum absolute atomic E-state index is 13.9. The minimum Gasteiger partial charge on any atom is -0.506 e. The molecule has 20 heavy (non-hydrogen) atoms. The molecule has 0 aliphatic carbocycles. The van der Waals surface area contributed by atoms with Crippen LogP contribution in [-0.4, -0.2) is 15.1 Å². The van der Waals surface area contributed by atoms with E-state index in [-0.39, 0.29) is 27.7 Å². The quantitative estimate of drug-likeness (QED) is 0.724. The molecule has 0 bridgehead atoms. The number of phenolic OH excluding ortho intramolecular Hbond substituents is 1. The molecule has 0 unspecified atom stereocenters. The second kappa shape index (κ2) is 4.61. The maximum atomic E-state index is 13.9. The van der Waals surface area contributed by atoms with Gasteiger partial charge in [-0.2, -0.15) is 0 Å². The third-order valence-corrected chi connectivity index (χ3v) is 3.21. The summed E-state index contributed by atoms with van der Waals surface area (Å²) in [6.45, 7) is 0. The van der Waals surface area contributed by atoms with E-state index < -0.39 is 5.82 Å². The summed E-state index contributed by atoms with van der Waals surface area (Å²) in [6.07, 6.45) is 0. The topological polar surface area (TPSA) is 66.0 Å². The van der Waals surface area contributed by atoms with Gasteiger partial charge in [-0.05, 0) is 18.2 Å². The fourth-order valence-electron chi connectivity index (χ4n) is 1.93. The lowest BCUT2D eigenvalue weighted by atomic mass is 10.1. The van der Waals surface area contributed by atoms with Crippen molar-refractivity contribution in [2.75, 3.05) is 0 Å². The lowest BCUT2D eigenvalue weighted by molar-refractivity contribution is 0.469. The van der Waals surface area contributed by atoms with Gasteiger partial charge in [-0.1, -0.05) is 23.7 Å². The van der Waals surface area contributed by atoms with E-state index in [9.17, 15) is 14.3 Å². The summed E-state index contributed by atoms with van der Waals surface area (Å²) in [7, 11) is 0. The zero-order valence-corrected chi connectivity index (χ0v) is 10.8. The lowest BCUT2D eigenvalue weighted by Crippen LogP contribution is -2.09. The highest BCUT2D eigenvalue weighted by atomic mass is 35.5. The lowest BCUT2D eigenvalue weighted by Gasteiger charge is -2.06. The molecule has 100 valence electrons. The van der Waals surface area contributed by atoms with E-state index in [1.165, 1.54) is 6.07 Å². The predicted molar refractivity (Wildman–Crippen MR) is 74.4 cm³/mol. The van der Waals surface area contributed by atoms with Gasteiger partial charge in [0.15, 0.2) is 0 Å². The Balaban J connectivity index is 2.30. The minimum atomic E-state index is -0.717. The number of halogens is 2. The number of para-hydroxylation sites is 1. The summed E-state index contributed by atoms with van der Waals surface area (Å²) >= 11 is 5.76. The molecule has 0 saturated heterocycles. The van der Waals surface area contributed by atoms with Gasteiger partial charge in [0.1, 0.15) is 17.4 Å². The number of hydrogen-bond acceptors (Lipinski definition) is 3. The molecule has 4 nitrogen and oxygen atoms in total. The number of nitrogens with one attached hydrogen (secondary N) is 1. The molecule has 1 aromatic heterocycles. The van der Waals surface area contributed by atoms with Crippen molar-refractivity contribution in [3.8, 4) is 17.1 Å². The summed E-state index contributed by atoms with van der Waals surface area (Å²) < 4.78 is 13.9. The van der Waals surface area contributed by atoms with Crippen LogP contribution in [0, 0.1) is 5.82 Å². The van der Waals surface area contributed by atoms with E-state index >= 15 is 0 Å². The number of nitrogens with zero attached hydrogens (tertiary/aromatic N) is 1. The Labute approximate surface area is 117 Å². The number of rotatable bonds is 1. The fourth-order valence-corrected chi connectivity index (χ4v) is 2.10. The number of benzene rings is 2. The Kier molecular flexibility index (Phi) is 2.91. The van der Waals surface area contributed by atoms with E-state index in [4.69, 9.17) is 11.6 Å². The second-order valence-corrected chi connectivity index (χ2v) is 4.62. The fraction of sp³-hybridized carbons (Fsp3) is 0.